The molecule has 0 atom stereocenters. The summed E-state index contributed by atoms with van der Waals surface area (Å²) in [6, 6.07) is 6.28. The van der Waals surface area contributed by atoms with Gasteiger partial charge in [0.1, 0.15) is 5.52 Å². The number of aromatic nitrogens is 4. The second-order valence-electron chi connectivity index (χ2n) is 6.10. The van der Waals surface area contributed by atoms with Crippen molar-refractivity contribution in [3.63, 3.8) is 0 Å². The van der Waals surface area contributed by atoms with Crippen molar-refractivity contribution in [1.82, 2.24) is 24.6 Å². The van der Waals surface area contributed by atoms with E-state index in [1.807, 2.05) is 0 Å². The first-order valence-electron chi connectivity index (χ1n) is 7.67. The highest BCUT2D eigenvalue weighted by atomic mass is 15.4. The number of piperazine rings is 1. The van der Waals surface area contributed by atoms with E-state index in [1.165, 1.54) is 11.1 Å². The van der Waals surface area contributed by atoms with E-state index in [9.17, 15) is 0 Å². The van der Waals surface area contributed by atoms with Gasteiger partial charge in [-0.05, 0) is 19.5 Å². The van der Waals surface area contributed by atoms with Crippen molar-refractivity contribution in [2.24, 2.45) is 7.05 Å². The van der Waals surface area contributed by atoms with Crippen LogP contribution in [0.3, 0.4) is 0 Å². The minimum atomic E-state index is 0.740. The molecular weight excluding hydrogens is 276 g/mol. The lowest BCUT2D eigenvalue weighted by Crippen LogP contribution is -2.45. The molecule has 0 unspecified atom stereocenters. The van der Waals surface area contributed by atoms with Crippen molar-refractivity contribution in [1.29, 1.82) is 0 Å². The van der Waals surface area contributed by atoms with Crippen LogP contribution in [-0.4, -0.2) is 57.9 Å². The number of nitrogens with zero attached hydrogens (tertiary/aromatic N) is 6. The van der Waals surface area contributed by atoms with Crippen LogP contribution in [-0.2, 0) is 7.05 Å². The number of para-hydroxylation sites is 1. The zero-order valence-corrected chi connectivity index (χ0v) is 13.2. The van der Waals surface area contributed by atoms with Gasteiger partial charge in [-0.15, -0.1) is 10.2 Å². The third-order valence-electron chi connectivity index (χ3n) is 4.59. The van der Waals surface area contributed by atoms with Gasteiger partial charge < -0.3 is 14.4 Å². The quantitative estimate of drug-likeness (QED) is 0.682. The van der Waals surface area contributed by atoms with Gasteiger partial charge in [0.25, 0.3) is 0 Å². The molecule has 0 radical (unpaired) electrons. The molecule has 1 aliphatic heterocycles. The van der Waals surface area contributed by atoms with E-state index >= 15 is 0 Å². The number of hydrogen-bond acceptors (Lipinski definition) is 5. The molecule has 0 aliphatic carbocycles. The molecule has 0 saturated carbocycles. The normalized spacial score (nSPS) is 16.8. The van der Waals surface area contributed by atoms with E-state index < -0.39 is 0 Å². The Bertz CT molecular complexity index is 845. The predicted octanol–water partition coefficient (Wildman–Crippen LogP) is 1.58. The van der Waals surface area contributed by atoms with Crippen LogP contribution >= 0.6 is 0 Å². The van der Waals surface area contributed by atoms with E-state index in [1.54, 1.807) is 0 Å². The van der Waals surface area contributed by atoms with Crippen LogP contribution < -0.4 is 4.90 Å². The second-order valence-corrected chi connectivity index (χ2v) is 6.10. The summed E-state index contributed by atoms with van der Waals surface area (Å²) in [5, 5.41) is 9.99. The standard InChI is InChI=1S/C16H20N6/c1-11-5-4-6-12-13-15(21(3)14(11)12)17-16(19-18-13)22-9-7-20(2)8-10-22/h4-6H,7-10H2,1-3H3. The van der Waals surface area contributed by atoms with Gasteiger partial charge in [0, 0.05) is 38.6 Å². The number of aryl methyl sites for hydroxylation is 2. The molecule has 1 fully saturated rings. The Morgan fingerprint density at radius 1 is 1.00 bits per heavy atom. The lowest BCUT2D eigenvalue weighted by atomic mass is 10.1. The van der Waals surface area contributed by atoms with Gasteiger partial charge in [-0.3, -0.25) is 0 Å². The molecule has 2 aromatic heterocycles. The number of benzene rings is 1. The maximum Gasteiger partial charge on any atom is 0.247 e. The Hall–Kier alpha value is -2.21. The first-order chi connectivity index (χ1) is 10.6. The molecule has 4 rings (SSSR count). The average molecular weight is 296 g/mol. The van der Waals surface area contributed by atoms with Crippen LogP contribution in [0.4, 0.5) is 5.95 Å². The monoisotopic (exact) mass is 296 g/mol. The van der Waals surface area contributed by atoms with Crippen molar-refractivity contribution in [3.05, 3.63) is 23.8 Å². The summed E-state index contributed by atoms with van der Waals surface area (Å²) in [6.07, 6.45) is 0. The summed E-state index contributed by atoms with van der Waals surface area (Å²) >= 11 is 0. The van der Waals surface area contributed by atoms with Crippen LogP contribution in [0.15, 0.2) is 18.2 Å². The van der Waals surface area contributed by atoms with E-state index in [-0.39, 0.29) is 0 Å². The van der Waals surface area contributed by atoms with Crippen LogP contribution in [0.1, 0.15) is 5.56 Å². The van der Waals surface area contributed by atoms with E-state index in [4.69, 9.17) is 4.98 Å². The maximum absolute atomic E-state index is 4.80. The van der Waals surface area contributed by atoms with E-state index in [2.05, 4.69) is 63.8 Å². The number of fused-ring (bicyclic) bond motifs is 3. The van der Waals surface area contributed by atoms with Crippen LogP contribution in [0.25, 0.3) is 22.1 Å². The molecule has 1 aliphatic rings. The van der Waals surface area contributed by atoms with Gasteiger partial charge in [0.05, 0.1) is 5.52 Å². The second kappa shape index (κ2) is 4.91. The first kappa shape index (κ1) is 13.5. The van der Waals surface area contributed by atoms with Gasteiger partial charge in [-0.2, -0.15) is 4.98 Å². The highest BCUT2D eigenvalue weighted by Crippen LogP contribution is 2.28. The van der Waals surface area contributed by atoms with Gasteiger partial charge in [0.2, 0.25) is 5.95 Å². The molecule has 0 spiro atoms. The minimum Gasteiger partial charge on any atom is -0.337 e. The molecule has 1 aromatic carbocycles. The number of hydrogen-bond donors (Lipinski definition) is 0. The number of likely N-dealkylation sites (N-methyl/N-ethyl adjacent to an activating group) is 1. The highest BCUT2D eigenvalue weighted by molar-refractivity contribution is 6.05. The molecule has 0 bridgehead atoms. The van der Waals surface area contributed by atoms with Gasteiger partial charge in [0.15, 0.2) is 5.65 Å². The Morgan fingerprint density at radius 3 is 2.55 bits per heavy atom. The van der Waals surface area contributed by atoms with Crippen LogP contribution in [0, 0.1) is 6.92 Å². The molecule has 1 saturated heterocycles. The minimum absolute atomic E-state index is 0.740. The van der Waals surface area contributed by atoms with E-state index in [0.29, 0.717) is 0 Å². The first-order valence-corrected chi connectivity index (χ1v) is 7.67. The van der Waals surface area contributed by atoms with Gasteiger partial charge in [-0.25, -0.2) is 0 Å². The molecule has 3 aromatic rings. The molecule has 6 heteroatoms. The zero-order valence-electron chi connectivity index (χ0n) is 13.2. The highest BCUT2D eigenvalue weighted by Gasteiger charge is 2.19. The van der Waals surface area contributed by atoms with E-state index in [0.717, 1.165) is 48.7 Å². The fourth-order valence-corrected chi connectivity index (χ4v) is 3.26. The summed E-state index contributed by atoms with van der Waals surface area (Å²) in [5.41, 5.74) is 4.23. The SMILES string of the molecule is Cc1cccc2c3nnc(N4CCN(C)CC4)nc3n(C)c12. The largest absolute Gasteiger partial charge is 0.337 e. The maximum atomic E-state index is 4.80. The Morgan fingerprint density at radius 2 is 1.77 bits per heavy atom. The molecule has 22 heavy (non-hydrogen) atoms. The third kappa shape index (κ3) is 1.94. The molecule has 6 nitrogen and oxygen atoms in total. The summed E-state index contributed by atoms with van der Waals surface area (Å²) in [5.74, 6) is 0.740. The topological polar surface area (TPSA) is 50.1 Å². The molecule has 0 amide bonds. The summed E-state index contributed by atoms with van der Waals surface area (Å²) in [4.78, 5) is 9.34. The summed E-state index contributed by atoms with van der Waals surface area (Å²) < 4.78 is 2.13. The fraction of sp³-hybridized carbons (Fsp3) is 0.438. The Balaban J connectivity index is 1.86. The smallest absolute Gasteiger partial charge is 0.247 e. The summed E-state index contributed by atoms with van der Waals surface area (Å²) in [6.45, 7) is 6.10. The van der Waals surface area contributed by atoms with Crippen LogP contribution in [0.5, 0.6) is 0 Å². The van der Waals surface area contributed by atoms with Gasteiger partial charge in [-0.1, -0.05) is 18.2 Å². The van der Waals surface area contributed by atoms with Crippen molar-refractivity contribution >= 4 is 28.0 Å². The van der Waals surface area contributed by atoms with Crippen molar-refractivity contribution in [3.8, 4) is 0 Å². The lowest BCUT2D eigenvalue weighted by molar-refractivity contribution is 0.311. The van der Waals surface area contributed by atoms with Crippen LogP contribution in [0.2, 0.25) is 0 Å². The molecular formula is C16H20N6. The number of rotatable bonds is 1. The predicted molar refractivity (Wildman–Crippen MR) is 88.3 cm³/mol. The average Bonchev–Trinajstić information content (AvgIpc) is 2.82. The summed E-state index contributed by atoms with van der Waals surface area (Å²) in [7, 11) is 4.20. The lowest BCUT2D eigenvalue weighted by Gasteiger charge is -2.31. The van der Waals surface area contributed by atoms with Crippen molar-refractivity contribution in [2.45, 2.75) is 6.92 Å². The van der Waals surface area contributed by atoms with Crippen molar-refractivity contribution < 1.29 is 0 Å². The van der Waals surface area contributed by atoms with Gasteiger partial charge >= 0.3 is 0 Å². The third-order valence-corrected chi connectivity index (χ3v) is 4.59. The molecule has 114 valence electrons. The zero-order chi connectivity index (χ0) is 15.3. The number of anilines is 1. The molecule has 3 heterocycles. The molecule has 0 N–H and O–H groups in total. The fourth-order valence-electron chi connectivity index (χ4n) is 3.26. The Labute approximate surface area is 129 Å². The Kier molecular flexibility index (Phi) is 3.00. The van der Waals surface area contributed by atoms with Crippen molar-refractivity contribution in [2.75, 3.05) is 38.1 Å².